The zero-order valence-electron chi connectivity index (χ0n) is 13.0. The second-order valence-electron chi connectivity index (χ2n) is 6.59. The van der Waals surface area contributed by atoms with Gasteiger partial charge in [0.1, 0.15) is 17.3 Å². The summed E-state index contributed by atoms with van der Waals surface area (Å²) in [6.45, 7) is 7.89. The Bertz CT molecular complexity index is 550. The van der Waals surface area contributed by atoms with Crippen LogP contribution in [0.3, 0.4) is 0 Å². The Morgan fingerprint density at radius 1 is 1.19 bits per heavy atom. The molecule has 21 heavy (non-hydrogen) atoms. The Kier molecular flexibility index (Phi) is 5.11. The summed E-state index contributed by atoms with van der Waals surface area (Å²) in [4.78, 5) is 0. The van der Waals surface area contributed by atoms with Crippen molar-refractivity contribution in [2.45, 2.75) is 56.7 Å². The van der Waals surface area contributed by atoms with Gasteiger partial charge in [0, 0.05) is 18.8 Å². The highest BCUT2D eigenvalue weighted by Crippen LogP contribution is 2.21. The fourth-order valence-corrected chi connectivity index (χ4v) is 4.00. The molecule has 2 heterocycles. The van der Waals surface area contributed by atoms with E-state index < -0.39 is 9.84 Å². The van der Waals surface area contributed by atoms with Crippen molar-refractivity contribution in [3.63, 3.8) is 0 Å². The van der Waals surface area contributed by atoms with E-state index in [1.807, 2.05) is 6.07 Å². The minimum atomic E-state index is -3.16. The molecule has 0 unspecified atom stereocenters. The molecule has 1 aromatic rings. The predicted octanol–water partition coefficient (Wildman–Crippen LogP) is 2.26. The van der Waals surface area contributed by atoms with Gasteiger partial charge in [-0.05, 0) is 45.7 Å². The molecular weight excluding hydrogens is 290 g/mol. The third-order valence-electron chi connectivity index (χ3n) is 3.53. The minimum absolute atomic E-state index is 0.00112. The first-order chi connectivity index (χ1) is 9.76. The molecule has 6 heteroatoms. The molecule has 2 rings (SSSR count). The normalized spacial score (nSPS) is 18.0. The smallest absolute Gasteiger partial charge is 0.160 e. The van der Waals surface area contributed by atoms with Crippen LogP contribution in [-0.2, 0) is 26.9 Å². The van der Waals surface area contributed by atoms with Crippen molar-refractivity contribution in [2.75, 3.05) is 13.2 Å². The summed E-state index contributed by atoms with van der Waals surface area (Å²) < 4.78 is 35.6. The molecule has 0 aromatic carbocycles. The third kappa shape index (κ3) is 5.13. The van der Waals surface area contributed by atoms with Crippen molar-refractivity contribution in [3.8, 4) is 0 Å². The molecule has 0 bridgehead atoms. The van der Waals surface area contributed by atoms with Crippen molar-refractivity contribution < 1.29 is 17.6 Å². The van der Waals surface area contributed by atoms with Gasteiger partial charge in [-0.1, -0.05) is 0 Å². The van der Waals surface area contributed by atoms with E-state index in [1.54, 1.807) is 6.07 Å². The van der Waals surface area contributed by atoms with Gasteiger partial charge < -0.3 is 14.5 Å². The number of hydrogen-bond donors (Lipinski definition) is 1. The summed E-state index contributed by atoms with van der Waals surface area (Å²) in [5.41, 5.74) is 0.00112. The summed E-state index contributed by atoms with van der Waals surface area (Å²) >= 11 is 0. The number of nitrogens with one attached hydrogen (secondary N) is 1. The lowest BCUT2D eigenvalue weighted by atomic mass is 10.1. The third-order valence-corrected chi connectivity index (χ3v) is 5.70. The molecule has 1 saturated heterocycles. The largest absolute Gasteiger partial charge is 0.464 e. The summed E-state index contributed by atoms with van der Waals surface area (Å²) in [5, 5.41) is 3.02. The van der Waals surface area contributed by atoms with E-state index in [1.165, 1.54) is 0 Å². The van der Waals surface area contributed by atoms with E-state index in [2.05, 4.69) is 26.1 Å². The lowest BCUT2D eigenvalue weighted by Crippen LogP contribution is -2.34. The highest BCUT2D eigenvalue weighted by atomic mass is 32.2. The molecule has 5 nitrogen and oxygen atoms in total. The molecule has 1 aromatic heterocycles. The predicted molar refractivity (Wildman–Crippen MR) is 81.8 cm³/mol. The van der Waals surface area contributed by atoms with Crippen LogP contribution >= 0.6 is 0 Å². The maximum atomic E-state index is 12.4. The molecule has 0 spiro atoms. The number of sulfone groups is 1. The zero-order chi connectivity index (χ0) is 15.5. The van der Waals surface area contributed by atoms with E-state index in [-0.39, 0.29) is 16.5 Å². The molecular formula is C15H25NO4S. The van der Waals surface area contributed by atoms with Crippen molar-refractivity contribution >= 4 is 9.84 Å². The monoisotopic (exact) mass is 315 g/mol. The van der Waals surface area contributed by atoms with Gasteiger partial charge in [-0.15, -0.1) is 0 Å². The Balaban J connectivity index is 1.95. The fraction of sp³-hybridized carbons (Fsp3) is 0.733. The van der Waals surface area contributed by atoms with Gasteiger partial charge in [-0.2, -0.15) is 0 Å². The van der Waals surface area contributed by atoms with Crippen LogP contribution < -0.4 is 5.32 Å². The van der Waals surface area contributed by atoms with Crippen molar-refractivity contribution in [1.82, 2.24) is 5.32 Å². The van der Waals surface area contributed by atoms with Crippen LogP contribution in [0.4, 0.5) is 0 Å². The SMILES string of the molecule is CC(C)(C)NCc1ccc(CS(=O)(=O)C2CCOCC2)o1. The standard InChI is InChI=1S/C15H25NO4S/c1-15(2,3)16-10-12-4-5-13(20-12)11-21(17,18)14-6-8-19-9-7-14/h4-5,14,16H,6-11H2,1-3H3. The van der Waals surface area contributed by atoms with Gasteiger partial charge in [0.15, 0.2) is 9.84 Å². The van der Waals surface area contributed by atoms with Crippen LogP contribution in [0.15, 0.2) is 16.5 Å². The molecule has 1 fully saturated rings. The first-order valence-corrected chi connectivity index (χ1v) is 9.10. The molecule has 1 N–H and O–H groups in total. The van der Waals surface area contributed by atoms with E-state index in [0.717, 1.165) is 5.76 Å². The van der Waals surface area contributed by atoms with E-state index in [9.17, 15) is 8.42 Å². The molecule has 0 radical (unpaired) electrons. The summed E-state index contributed by atoms with van der Waals surface area (Å²) in [6.07, 6.45) is 1.17. The Labute approximate surface area is 127 Å². The number of rotatable bonds is 5. The van der Waals surface area contributed by atoms with Gasteiger partial charge in [-0.3, -0.25) is 0 Å². The summed E-state index contributed by atoms with van der Waals surface area (Å²) in [6, 6.07) is 3.60. The average molecular weight is 315 g/mol. The maximum Gasteiger partial charge on any atom is 0.160 e. The van der Waals surface area contributed by atoms with Gasteiger partial charge in [-0.25, -0.2) is 8.42 Å². The van der Waals surface area contributed by atoms with Crippen molar-refractivity contribution in [2.24, 2.45) is 0 Å². The number of ether oxygens (including phenoxy) is 1. The highest BCUT2D eigenvalue weighted by molar-refractivity contribution is 7.91. The number of furan rings is 1. The van der Waals surface area contributed by atoms with Crippen LogP contribution in [0.25, 0.3) is 0 Å². The van der Waals surface area contributed by atoms with Crippen molar-refractivity contribution in [3.05, 3.63) is 23.7 Å². The Hall–Kier alpha value is -0.850. The molecule has 0 aliphatic carbocycles. The summed E-state index contributed by atoms with van der Waals surface area (Å²) in [7, 11) is -3.16. The number of hydrogen-bond acceptors (Lipinski definition) is 5. The van der Waals surface area contributed by atoms with E-state index >= 15 is 0 Å². The van der Waals surface area contributed by atoms with Gasteiger partial charge in [0.25, 0.3) is 0 Å². The molecule has 1 aliphatic rings. The van der Waals surface area contributed by atoms with Crippen LogP contribution in [0.2, 0.25) is 0 Å². The Morgan fingerprint density at radius 2 is 1.81 bits per heavy atom. The van der Waals surface area contributed by atoms with E-state index in [0.29, 0.717) is 38.4 Å². The van der Waals surface area contributed by atoms with E-state index in [4.69, 9.17) is 9.15 Å². The second-order valence-corrected chi connectivity index (χ2v) is 8.87. The average Bonchev–Trinajstić information content (AvgIpc) is 2.84. The van der Waals surface area contributed by atoms with Gasteiger partial charge in [0.05, 0.1) is 11.8 Å². The topological polar surface area (TPSA) is 68.5 Å². The molecule has 120 valence electrons. The van der Waals surface area contributed by atoms with Crippen LogP contribution in [-0.4, -0.2) is 32.4 Å². The second kappa shape index (κ2) is 6.50. The maximum absolute atomic E-state index is 12.4. The van der Waals surface area contributed by atoms with Crippen LogP contribution in [0, 0.1) is 0 Å². The summed E-state index contributed by atoms with van der Waals surface area (Å²) in [5.74, 6) is 1.27. The lowest BCUT2D eigenvalue weighted by molar-refractivity contribution is 0.0983. The minimum Gasteiger partial charge on any atom is -0.464 e. The zero-order valence-corrected chi connectivity index (χ0v) is 13.8. The quantitative estimate of drug-likeness (QED) is 0.902. The highest BCUT2D eigenvalue weighted by Gasteiger charge is 2.28. The van der Waals surface area contributed by atoms with Crippen molar-refractivity contribution in [1.29, 1.82) is 0 Å². The van der Waals surface area contributed by atoms with Gasteiger partial charge in [0.2, 0.25) is 0 Å². The molecule has 0 amide bonds. The molecule has 0 saturated carbocycles. The molecule has 1 aliphatic heterocycles. The van der Waals surface area contributed by atoms with Gasteiger partial charge >= 0.3 is 0 Å². The van der Waals surface area contributed by atoms with Crippen LogP contribution in [0.5, 0.6) is 0 Å². The Morgan fingerprint density at radius 3 is 2.43 bits per heavy atom. The fourth-order valence-electron chi connectivity index (χ4n) is 2.30. The van der Waals surface area contributed by atoms with Crippen LogP contribution in [0.1, 0.15) is 45.1 Å². The lowest BCUT2D eigenvalue weighted by Gasteiger charge is -2.21. The molecule has 0 atom stereocenters. The first kappa shape index (κ1) is 16.5. The first-order valence-electron chi connectivity index (χ1n) is 7.38.